The van der Waals surface area contributed by atoms with E-state index in [2.05, 4.69) is 41.8 Å². The van der Waals surface area contributed by atoms with Gasteiger partial charge in [-0.05, 0) is 70.0 Å². The van der Waals surface area contributed by atoms with E-state index in [1.54, 1.807) is 0 Å². The van der Waals surface area contributed by atoms with Crippen molar-refractivity contribution in [1.82, 2.24) is 14.7 Å². The molecule has 100 valence electrons. The molecular weight excluding hydrogens is 222 g/mol. The van der Waals surface area contributed by atoms with Gasteiger partial charge < -0.3 is 4.90 Å². The van der Waals surface area contributed by atoms with Crippen LogP contribution < -0.4 is 0 Å². The third kappa shape index (κ3) is 1.99. The van der Waals surface area contributed by atoms with Crippen molar-refractivity contribution in [1.29, 1.82) is 0 Å². The number of aromatic nitrogens is 2. The van der Waals surface area contributed by atoms with Crippen molar-refractivity contribution in [3.8, 4) is 0 Å². The van der Waals surface area contributed by atoms with Gasteiger partial charge in [-0.3, -0.25) is 4.68 Å². The lowest BCUT2D eigenvalue weighted by atomic mass is 9.67. The number of aryl methyl sites for hydroxylation is 1. The van der Waals surface area contributed by atoms with Gasteiger partial charge in [-0.25, -0.2) is 0 Å². The van der Waals surface area contributed by atoms with Crippen LogP contribution in [0.4, 0.5) is 0 Å². The summed E-state index contributed by atoms with van der Waals surface area (Å²) in [5.74, 6) is 0. The second-order valence-electron chi connectivity index (χ2n) is 6.55. The number of fused-ring (bicyclic) bond motifs is 1. The van der Waals surface area contributed by atoms with Crippen molar-refractivity contribution >= 4 is 0 Å². The topological polar surface area (TPSA) is 21.1 Å². The van der Waals surface area contributed by atoms with Crippen LogP contribution in [-0.4, -0.2) is 33.8 Å². The highest BCUT2D eigenvalue weighted by atomic mass is 15.3. The van der Waals surface area contributed by atoms with Crippen LogP contribution in [0.15, 0.2) is 6.20 Å². The fourth-order valence-corrected chi connectivity index (χ4v) is 3.80. The summed E-state index contributed by atoms with van der Waals surface area (Å²) in [6.07, 6.45) is 8.71. The van der Waals surface area contributed by atoms with Crippen LogP contribution in [0.1, 0.15) is 44.4 Å². The molecule has 18 heavy (non-hydrogen) atoms. The lowest BCUT2D eigenvalue weighted by molar-refractivity contribution is 0.0710. The van der Waals surface area contributed by atoms with Gasteiger partial charge in [-0.1, -0.05) is 0 Å². The molecule has 0 aromatic carbocycles. The summed E-state index contributed by atoms with van der Waals surface area (Å²) in [5, 5.41) is 4.43. The molecule has 3 heteroatoms. The number of hydrogen-bond donors (Lipinski definition) is 0. The summed E-state index contributed by atoms with van der Waals surface area (Å²) in [5.41, 5.74) is 3.58. The molecule has 1 fully saturated rings. The maximum absolute atomic E-state index is 4.43. The maximum Gasteiger partial charge on any atom is 0.0524 e. The monoisotopic (exact) mass is 247 g/mol. The Balaban J connectivity index is 1.72. The van der Waals surface area contributed by atoms with E-state index in [1.807, 2.05) is 0 Å². The Morgan fingerprint density at radius 1 is 1.22 bits per heavy atom. The van der Waals surface area contributed by atoms with Gasteiger partial charge in [0.25, 0.3) is 0 Å². The van der Waals surface area contributed by atoms with Crippen LogP contribution in [0, 0.1) is 5.41 Å². The predicted molar refractivity (Wildman–Crippen MR) is 73.6 cm³/mol. The summed E-state index contributed by atoms with van der Waals surface area (Å²) < 4.78 is 2.07. The highest BCUT2D eigenvalue weighted by molar-refractivity contribution is 5.23. The minimum absolute atomic E-state index is 0.585. The van der Waals surface area contributed by atoms with Crippen LogP contribution in [0.3, 0.4) is 0 Å². The van der Waals surface area contributed by atoms with Crippen LogP contribution >= 0.6 is 0 Å². The smallest absolute Gasteiger partial charge is 0.0524 e. The van der Waals surface area contributed by atoms with Crippen molar-refractivity contribution in [2.75, 3.05) is 13.1 Å². The Morgan fingerprint density at radius 3 is 2.61 bits per heavy atom. The molecule has 1 aliphatic heterocycles. The van der Waals surface area contributed by atoms with E-state index in [4.69, 9.17) is 0 Å². The van der Waals surface area contributed by atoms with Gasteiger partial charge in [-0.15, -0.1) is 0 Å². The Morgan fingerprint density at radius 2 is 1.94 bits per heavy atom. The molecule has 0 N–H and O–H groups in total. The van der Waals surface area contributed by atoms with E-state index in [9.17, 15) is 0 Å². The van der Waals surface area contributed by atoms with Gasteiger partial charge in [0.2, 0.25) is 0 Å². The SMILES string of the molecule is CC(C)N1CCC2(CCc3c(cnn3C)C2)CC1. The summed E-state index contributed by atoms with van der Waals surface area (Å²) >= 11 is 0. The highest BCUT2D eigenvalue weighted by Crippen LogP contribution is 2.43. The number of hydrogen-bond acceptors (Lipinski definition) is 2. The van der Waals surface area contributed by atoms with Crippen molar-refractivity contribution < 1.29 is 0 Å². The van der Waals surface area contributed by atoms with Crippen molar-refractivity contribution in [2.45, 2.75) is 52.0 Å². The molecule has 1 aromatic rings. The first-order valence-corrected chi connectivity index (χ1v) is 7.33. The van der Waals surface area contributed by atoms with E-state index in [-0.39, 0.29) is 0 Å². The predicted octanol–water partition coefficient (Wildman–Crippen LogP) is 2.40. The molecule has 0 atom stereocenters. The zero-order valence-corrected chi connectivity index (χ0v) is 11.9. The third-order valence-electron chi connectivity index (χ3n) is 5.19. The largest absolute Gasteiger partial charge is 0.301 e. The highest BCUT2D eigenvalue weighted by Gasteiger charge is 2.38. The number of rotatable bonds is 1. The zero-order chi connectivity index (χ0) is 12.8. The molecule has 0 radical (unpaired) electrons. The maximum atomic E-state index is 4.43. The van der Waals surface area contributed by atoms with Crippen molar-refractivity contribution in [3.05, 3.63) is 17.5 Å². The van der Waals surface area contributed by atoms with Gasteiger partial charge in [0.1, 0.15) is 0 Å². The van der Waals surface area contributed by atoms with E-state index in [0.717, 1.165) is 0 Å². The van der Waals surface area contributed by atoms with E-state index in [0.29, 0.717) is 11.5 Å². The first kappa shape index (κ1) is 12.2. The Bertz CT molecular complexity index is 425. The van der Waals surface area contributed by atoms with Gasteiger partial charge in [0, 0.05) is 18.8 Å². The van der Waals surface area contributed by atoms with Crippen LogP contribution in [0.5, 0.6) is 0 Å². The lowest BCUT2D eigenvalue weighted by Gasteiger charge is -2.45. The molecule has 1 aliphatic carbocycles. The normalized spacial score (nSPS) is 23.6. The quantitative estimate of drug-likeness (QED) is 0.760. The molecule has 0 amide bonds. The molecule has 1 saturated heterocycles. The fraction of sp³-hybridized carbons (Fsp3) is 0.800. The average molecular weight is 247 g/mol. The summed E-state index contributed by atoms with van der Waals surface area (Å²) in [6.45, 7) is 7.21. The molecule has 1 spiro atoms. The Kier molecular flexibility index (Phi) is 2.97. The second-order valence-corrected chi connectivity index (χ2v) is 6.55. The second kappa shape index (κ2) is 4.37. The molecule has 1 aromatic heterocycles. The molecule has 3 rings (SSSR count). The molecule has 0 saturated carbocycles. The fourth-order valence-electron chi connectivity index (χ4n) is 3.80. The molecule has 2 heterocycles. The zero-order valence-electron chi connectivity index (χ0n) is 11.9. The standard InChI is InChI=1S/C15H25N3/c1-12(2)18-8-6-15(7-9-18)5-4-14-13(10-15)11-16-17(14)3/h11-12H,4-10H2,1-3H3. The minimum atomic E-state index is 0.585. The molecule has 3 nitrogen and oxygen atoms in total. The van der Waals surface area contributed by atoms with E-state index < -0.39 is 0 Å². The van der Waals surface area contributed by atoms with Gasteiger partial charge in [0.15, 0.2) is 0 Å². The number of likely N-dealkylation sites (tertiary alicyclic amines) is 1. The number of nitrogens with zero attached hydrogens (tertiary/aromatic N) is 3. The summed E-state index contributed by atoms with van der Waals surface area (Å²) in [6, 6.07) is 0.708. The summed E-state index contributed by atoms with van der Waals surface area (Å²) in [4.78, 5) is 2.63. The van der Waals surface area contributed by atoms with Crippen LogP contribution in [0.25, 0.3) is 0 Å². The lowest BCUT2D eigenvalue weighted by Crippen LogP contribution is -2.45. The Labute approximate surface area is 110 Å². The minimum Gasteiger partial charge on any atom is -0.301 e. The van der Waals surface area contributed by atoms with Crippen LogP contribution in [-0.2, 0) is 19.9 Å². The summed E-state index contributed by atoms with van der Waals surface area (Å²) in [7, 11) is 2.08. The van der Waals surface area contributed by atoms with Crippen molar-refractivity contribution in [3.63, 3.8) is 0 Å². The molecular formula is C15H25N3. The molecule has 2 aliphatic rings. The number of piperidine rings is 1. The third-order valence-corrected chi connectivity index (χ3v) is 5.19. The molecule has 0 bridgehead atoms. The van der Waals surface area contributed by atoms with E-state index >= 15 is 0 Å². The van der Waals surface area contributed by atoms with Crippen LogP contribution in [0.2, 0.25) is 0 Å². The van der Waals surface area contributed by atoms with Gasteiger partial charge >= 0.3 is 0 Å². The average Bonchev–Trinajstić information content (AvgIpc) is 2.71. The van der Waals surface area contributed by atoms with Crippen molar-refractivity contribution in [2.24, 2.45) is 12.5 Å². The van der Waals surface area contributed by atoms with Gasteiger partial charge in [-0.2, -0.15) is 5.10 Å². The van der Waals surface area contributed by atoms with E-state index in [1.165, 1.54) is 56.5 Å². The first-order chi connectivity index (χ1) is 8.60. The first-order valence-electron chi connectivity index (χ1n) is 7.33. The molecule has 0 unspecified atom stereocenters. The Hall–Kier alpha value is -0.830. The van der Waals surface area contributed by atoms with Gasteiger partial charge in [0.05, 0.1) is 6.20 Å².